The standard InChI is InChI=1S/C21H17NO6/c23-19(24)7-8-22-20(25)15-4-2-1-3-14(15)16(21(22)26)11-13-5-6-17-18(12-13)28-10-9-27-17/h1-6,11-12H,7-10H2,(H,23,24)/p-1/b16-11-. The zero-order valence-electron chi connectivity index (χ0n) is 14.8. The number of carboxylic acid groups (broad SMARTS) is 1. The van der Waals surface area contributed by atoms with Gasteiger partial charge in [0.05, 0.1) is 0 Å². The van der Waals surface area contributed by atoms with Gasteiger partial charge in [-0.1, -0.05) is 24.3 Å². The number of imide groups is 1. The summed E-state index contributed by atoms with van der Waals surface area (Å²) in [5.74, 6) is -1.16. The van der Waals surface area contributed by atoms with Crippen LogP contribution in [0.4, 0.5) is 0 Å². The van der Waals surface area contributed by atoms with Crippen LogP contribution in [0.3, 0.4) is 0 Å². The molecule has 4 rings (SSSR count). The van der Waals surface area contributed by atoms with E-state index in [-0.39, 0.29) is 6.54 Å². The van der Waals surface area contributed by atoms with Crippen LogP contribution in [0.1, 0.15) is 27.9 Å². The molecule has 7 heteroatoms. The summed E-state index contributed by atoms with van der Waals surface area (Å²) < 4.78 is 11.1. The van der Waals surface area contributed by atoms with E-state index in [2.05, 4.69) is 0 Å². The van der Waals surface area contributed by atoms with Crippen LogP contribution in [0.15, 0.2) is 42.5 Å². The molecule has 0 N–H and O–H groups in total. The summed E-state index contributed by atoms with van der Waals surface area (Å²) in [4.78, 5) is 37.4. The lowest BCUT2D eigenvalue weighted by Crippen LogP contribution is -2.43. The minimum atomic E-state index is -1.32. The van der Waals surface area contributed by atoms with Gasteiger partial charge in [-0.15, -0.1) is 0 Å². The molecular weight excluding hydrogens is 362 g/mol. The Balaban J connectivity index is 1.77. The van der Waals surface area contributed by atoms with Gasteiger partial charge in [0.2, 0.25) is 0 Å². The van der Waals surface area contributed by atoms with E-state index in [9.17, 15) is 19.5 Å². The molecule has 142 valence electrons. The van der Waals surface area contributed by atoms with Gasteiger partial charge in [-0.2, -0.15) is 0 Å². The predicted molar refractivity (Wildman–Crippen MR) is 97.4 cm³/mol. The second-order valence-electron chi connectivity index (χ2n) is 6.39. The average Bonchev–Trinajstić information content (AvgIpc) is 2.71. The van der Waals surface area contributed by atoms with Crippen molar-refractivity contribution in [2.24, 2.45) is 0 Å². The van der Waals surface area contributed by atoms with Gasteiger partial charge in [0.1, 0.15) is 13.2 Å². The first kappa shape index (κ1) is 17.8. The van der Waals surface area contributed by atoms with Gasteiger partial charge in [-0.05, 0) is 35.4 Å². The minimum Gasteiger partial charge on any atom is -0.550 e. The van der Waals surface area contributed by atoms with Crippen molar-refractivity contribution in [1.29, 1.82) is 0 Å². The number of aliphatic carboxylic acids is 1. The Labute approximate surface area is 160 Å². The Morgan fingerprint density at radius 1 is 1.00 bits per heavy atom. The third-order valence-electron chi connectivity index (χ3n) is 4.59. The van der Waals surface area contributed by atoms with E-state index in [0.717, 1.165) is 4.90 Å². The van der Waals surface area contributed by atoms with Gasteiger partial charge in [0.15, 0.2) is 11.5 Å². The number of benzene rings is 2. The smallest absolute Gasteiger partial charge is 0.261 e. The molecule has 2 aliphatic rings. The van der Waals surface area contributed by atoms with Gasteiger partial charge in [0, 0.05) is 30.1 Å². The zero-order valence-corrected chi connectivity index (χ0v) is 14.8. The Morgan fingerprint density at radius 3 is 2.46 bits per heavy atom. The number of nitrogens with zero attached hydrogens (tertiary/aromatic N) is 1. The number of fused-ring (bicyclic) bond motifs is 2. The highest BCUT2D eigenvalue weighted by Gasteiger charge is 2.34. The molecule has 28 heavy (non-hydrogen) atoms. The Morgan fingerprint density at radius 2 is 1.71 bits per heavy atom. The Kier molecular flexibility index (Phi) is 4.57. The van der Waals surface area contributed by atoms with Crippen LogP contribution in [0.2, 0.25) is 0 Å². The quantitative estimate of drug-likeness (QED) is 0.584. The lowest BCUT2D eigenvalue weighted by atomic mass is 9.92. The Bertz CT molecular complexity index is 1010. The molecule has 2 aromatic rings. The van der Waals surface area contributed by atoms with E-state index in [4.69, 9.17) is 9.47 Å². The first-order valence-electron chi connectivity index (χ1n) is 8.81. The average molecular weight is 378 g/mol. The van der Waals surface area contributed by atoms with Crippen LogP contribution in [0, 0.1) is 0 Å². The fourth-order valence-corrected chi connectivity index (χ4v) is 3.26. The highest BCUT2D eigenvalue weighted by molar-refractivity contribution is 6.33. The Hall–Kier alpha value is -3.61. The summed E-state index contributed by atoms with van der Waals surface area (Å²) >= 11 is 0. The van der Waals surface area contributed by atoms with Crippen molar-refractivity contribution in [3.05, 3.63) is 59.2 Å². The van der Waals surface area contributed by atoms with Crippen molar-refractivity contribution in [3.8, 4) is 11.5 Å². The molecule has 2 aromatic carbocycles. The molecule has 0 aromatic heterocycles. The third kappa shape index (κ3) is 3.22. The van der Waals surface area contributed by atoms with Gasteiger partial charge in [-0.25, -0.2) is 0 Å². The lowest BCUT2D eigenvalue weighted by Gasteiger charge is -2.29. The number of hydrogen-bond donors (Lipinski definition) is 0. The predicted octanol–water partition coefficient (Wildman–Crippen LogP) is 1.12. The molecule has 0 radical (unpaired) electrons. The number of ether oxygens (including phenoxy) is 2. The van der Waals surface area contributed by atoms with Crippen molar-refractivity contribution in [3.63, 3.8) is 0 Å². The number of hydrogen-bond acceptors (Lipinski definition) is 6. The molecule has 2 amide bonds. The van der Waals surface area contributed by atoms with Crippen molar-refractivity contribution in [2.45, 2.75) is 6.42 Å². The number of carbonyl (C=O) groups excluding carboxylic acids is 3. The second-order valence-corrected chi connectivity index (χ2v) is 6.39. The fraction of sp³-hybridized carbons (Fsp3) is 0.190. The molecular formula is C21H16NO6-. The number of carboxylic acids is 1. The largest absolute Gasteiger partial charge is 0.550 e. The lowest BCUT2D eigenvalue weighted by molar-refractivity contribution is -0.305. The maximum atomic E-state index is 13.0. The molecule has 0 unspecified atom stereocenters. The topological polar surface area (TPSA) is 96.0 Å². The highest BCUT2D eigenvalue weighted by atomic mass is 16.6. The van der Waals surface area contributed by atoms with Gasteiger partial charge in [-0.3, -0.25) is 14.5 Å². The SMILES string of the molecule is O=C([O-])CCN1C(=O)/C(=C\c2ccc3c(c2)OCCO3)c2ccccc2C1=O. The van der Waals surface area contributed by atoms with E-state index >= 15 is 0 Å². The van der Waals surface area contributed by atoms with E-state index in [0.29, 0.717) is 47.0 Å². The normalized spacial score (nSPS) is 16.9. The van der Waals surface area contributed by atoms with Crippen molar-refractivity contribution in [1.82, 2.24) is 4.90 Å². The molecule has 7 nitrogen and oxygen atoms in total. The van der Waals surface area contributed by atoms with E-state index < -0.39 is 24.2 Å². The molecule has 0 spiro atoms. The van der Waals surface area contributed by atoms with Crippen LogP contribution < -0.4 is 14.6 Å². The van der Waals surface area contributed by atoms with E-state index in [1.54, 1.807) is 48.5 Å². The highest BCUT2D eigenvalue weighted by Crippen LogP contribution is 2.34. The van der Waals surface area contributed by atoms with Crippen molar-refractivity contribution >= 4 is 29.4 Å². The van der Waals surface area contributed by atoms with Gasteiger partial charge >= 0.3 is 0 Å². The summed E-state index contributed by atoms with van der Waals surface area (Å²) in [7, 11) is 0. The fourth-order valence-electron chi connectivity index (χ4n) is 3.26. The third-order valence-corrected chi connectivity index (χ3v) is 4.59. The van der Waals surface area contributed by atoms with Crippen LogP contribution in [-0.4, -0.2) is 42.4 Å². The maximum absolute atomic E-state index is 13.0. The summed E-state index contributed by atoms with van der Waals surface area (Å²) in [6.45, 7) is 0.682. The van der Waals surface area contributed by atoms with Crippen molar-refractivity contribution in [2.75, 3.05) is 19.8 Å². The van der Waals surface area contributed by atoms with Crippen LogP contribution in [0.25, 0.3) is 11.6 Å². The summed E-state index contributed by atoms with van der Waals surface area (Å²) in [6, 6.07) is 12.1. The molecule has 0 saturated heterocycles. The first-order valence-corrected chi connectivity index (χ1v) is 8.81. The number of carbonyl (C=O) groups is 3. The molecule has 0 atom stereocenters. The summed E-state index contributed by atoms with van der Waals surface area (Å²) in [5.41, 5.74) is 1.88. The van der Waals surface area contributed by atoms with Crippen LogP contribution in [0.5, 0.6) is 11.5 Å². The van der Waals surface area contributed by atoms with Crippen molar-refractivity contribution < 1.29 is 29.0 Å². The number of amides is 2. The molecule has 0 bridgehead atoms. The molecule has 0 fully saturated rings. The van der Waals surface area contributed by atoms with Gasteiger partial charge < -0.3 is 19.4 Å². The molecule has 0 aliphatic carbocycles. The number of rotatable bonds is 4. The molecule has 0 saturated carbocycles. The first-order chi connectivity index (χ1) is 13.5. The maximum Gasteiger partial charge on any atom is 0.261 e. The second kappa shape index (κ2) is 7.19. The molecule has 2 aliphatic heterocycles. The van der Waals surface area contributed by atoms with Crippen LogP contribution >= 0.6 is 0 Å². The van der Waals surface area contributed by atoms with E-state index in [1.165, 1.54) is 0 Å². The van der Waals surface area contributed by atoms with E-state index in [1.807, 2.05) is 0 Å². The van der Waals surface area contributed by atoms with Crippen LogP contribution in [-0.2, 0) is 9.59 Å². The van der Waals surface area contributed by atoms with Gasteiger partial charge in [0.25, 0.3) is 11.8 Å². The summed E-state index contributed by atoms with van der Waals surface area (Å²) in [5, 5.41) is 10.8. The monoisotopic (exact) mass is 378 g/mol. The minimum absolute atomic E-state index is 0.243. The molecule has 2 heterocycles. The zero-order chi connectivity index (χ0) is 19.7. The summed E-state index contributed by atoms with van der Waals surface area (Å²) in [6.07, 6.45) is 1.24.